The number of carboxylic acids is 1. The summed E-state index contributed by atoms with van der Waals surface area (Å²) in [6, 6.07) is -0.123. The van der Waals surface area contributed by atoms with Crippen LogP contribution >= 0.6 is 0 Å². The SMILES string of the molecule is CCC(C)N(CC(=O)O)C(=O)c1c(C)n[nH]c1C. The number of carbonyl (C=O) groups is 2. The summed E-state index contributed by atoms with van der Waals surface area (Å²) in [5.41, 5.74) is 1.73. The summed E-state index contributed by atoms with van der Waals surface area (Å²) in [4.78, 5) is 24.6. The van der Waals surface area contributed by atoms with Gasteiger partial charge in [-0.15, -0.1) is 0 Å². The van der Waals surface area contributed by atoms with Crippen LogP contribution in [0.2, 0.25) is 0 Å². The lowest BCUT2D eigenvalue weighted by Crippen LogP contribution is -2.42. The van der Waals surface area contributed by atoms with Gasteiger partial charge in [-0.2, -0.15) is 5.10 Å². The van der Waals surface area contributed by atoms with Crippen LogP contribution in [0.25, 0.3) is 0 Å². The number of aromatic nitrogens is 2. The highest BCUT2D eigenvalue weighted by atomic mass is 16.4. The van der Waals surface area contributed by atoms with Crippen LogP contribution in [0.3, 0.4) is 0 Å². The molecule has 2 N–H and O–H groups in total. The van der Waals surface area contributed by atoms with Gasteiger partial charge in [-0.3, -0.25) is 14.7 Å². The van der Waals surface area contributed by atoms with Gasteiger partial charge in [-0.1, -0.05) is 6.92 Å². The molecule has 6 heteroatoms. The van der Waals surface area contributed by atoms with Crippen LogP contribution in [0.1, 0.15) is 42.0 Å². The Labute approximate surface area is 106 Å². The zero-order valence-electron chi connectivity index (χ0n) is 11.1. The number of amides is 1. The zero-order chi connectivity index (χ0) is 13.9. The van der Waals surface area contributed by atoms with E-state index in [1.807, 2.05) is 13.8 Å². The molecule has 0 saturated heterocycles. The molecule has 1 rings (SSSR count). The number of hydrogen-bond donors (Lipinski definition) is 2. The Morgan fingerprint density at radius 2 is 2.06 bits per heavy atom. The van der Waals surface area contributed by atoms with Crippen LogP contribution in [-0.4, -0.2) is 44.7 Å². The van der Waals surface area contributed by atoms with Gasteiger partial charge < -0.3 is 10.0 Å². The molecule has 0 bridgehead atoms. The van der Waals surface area contributed by atoms with Crippen molar-refractivity contribution in [2.24, 2.45) is 0 Å². The highest BCUT2D eigenvalue weighted by Crippen LogP contribution is 2.15. The van der Waals surface area contributed by atoms with Gasteiger partial charge in [-0.25, -0.2) is 0 Å². The van der Waals surface area contributed by atoms with Crippen LogP contribution in [-0.2, 0) is 4.79 Å². The molecule has 100 valence electrons. The summed E-state index contributed by atoms with van der Waals surface area (Å²) in [6.07, 6.45) is 0.703. The molecule has 1 aromatic rings. The summed E-state index contributed by atoms with van der Waals surface area (Å²) in [5.74, 6) is -1.29. The van der Waals surface area contributed by atoms with Crippen molar-refractivity contribution >= 4 is 11.9 Å². The molecule has 0 saturated carbocycles. The predicted molar refractivity (Wildman–Crippen MR) is 66.5 cm³/mol. The Morgan fingerprint density at radius 1 is 1.44 bits per heavy atom. The number of rotatable bonds is 5. The van der Waals surface area contributed by atoms with Crippen LogP contribution < -0.4 is 0 Å². The standard InChI is InChI=1S/C12H19N3O3/c1-5-7(2)15(6-10(16)17)12(18)11-8(3)13-14-9(11)4/h7H,5-6H2,1-4H3,(H,13,14)(H,16,17). The van der Waals surface area contributed by atoms with Gasteiger partial charge in [0.15, 0.2) is 0 Å². The van der Waals surface area contributed by atoms with E-state index < -0.39 is 5.97 Å². The third-order valence-corrected chi connectivity index (χ3v) is 3.03. The zero-order valence-corrected chi connectivity index (χ0v) is 11.1. The van der Waals surface area contributed by atoms with E-state index in [0.717, 1.165) is 0 Å². The lowest BCUT2D eigenvalue weighted by molar-refractivity contribution is -0.138. The monoisotopic (exact) mass is 253 g/mol. The van der Waals surface area contributed by atoms with E-state index in [1.165, 1.54) is 4.90 Å². The van der Waals surface area contributed by atoms with Gasteiger partial charge in [0.2, 0.25) is 0 Å². The maximum absolute atomic E-state index is 12.4. The van der Waals surface area contributed by atoms with Gasteiger partial charge in [0.05, 0.1) is 11.3 Å². The molecule has 18 heavy (non-hydrogen) atoms. The molecule has 0 aromatic carbocycles. The van der Waals surface area contributed by atoms with Gasteiger partial charge in [0.1, 0.15) is 6.54 Å². The van der Waals surface area contributed by atoms with Gasteiger partial charge in [0.25, 0.3) is 5.91 Å². The molecule has 0 aliphatic heterocycles. The quantitative estimate of drug-likeness (QED) is 0.829. The predicted octanol–water partition coefficient (Wildman–Crippen LogP) is 1.35. The molecule has 1 atom stereocenters. The largest absolute Gasteiger partial charge is 0.480 e. The summed E-state index contributed by atoms with van der Waals surface area (Å²) in [7, 11) is 0. The van der Waals surface area contributed by atoms with Crippen molar-refractivity contribution in [2.75, 3.05) is 6.54 Å². The number of nitrogens with zero attached hydrogens (tertiary/aromatic N) is 2. The van der Waals surface area contributed by atoms with Crippen LogP contribution in [0.4, 0.5) is 0 Å². The molecule has 1 amide bonds. The molecule has 1 heterocycles. The van der Waals surface area contributed by atoms with E-state index >= 15 is 0 Å². The summed E-state index contributed by atoms with van der Waals surface area (Å²) in [5, 5.41) is 15.6. The van der Waals surface area contributed by atoms with Crippen molar-refractivity contribution in [3.63, 3.8) is 0 Å². The molecule has 0 fully saturated rings. The molecule has 6 nitrogen and oxygen atoms in total. The molecule has 0 radical (unpaired) electrons. The van der Waals surface area contributed by atoms with Gasteiger partial charge in [0, 0.05) is 11.7 Å². The molecule has 1 aromatic heterocycles. The Balaban J connectivity index is 3.06. The third-order valence-electron chi connectivity index (χ3n) is 3.03. The van der Waals surface area contributed by atoms with Crippen molar-refractivity contribution in [3.8, 4) is 0 Å². The summed E-state index contributed by atoms with van der Waals surface area (Å²) >= 11 is 0. The Hall–Kier alpha value is -1.85. The molecule has 0 spiro atoms. The third kappa shape index (κ3) is 2.88. The average molecular weight is 253 g/mol. The number of hydrogen-bond acceptors (Lipinski definition) is 3. The molecule has 1 unspecified atom stereocenters. The van der Waals surface area contributed by atoms with Crippen molar-refractivity contribution in [3.05, 3.63) is 17.0 Å². The van der Waals surface area contributed by atoms with Gasteiger partial charge >= 0.3 is 5.97 Å². The number of aromatic amines is 1. The van der Waals surface area contributed by atoms with E-state index in [-0.39, 0.29) is 18.5 Å². The first-order valence-corrected chi connectivity index (χ1v) is 5.92. The van der Waals surface area contributed by atoms with Gasteiger partial charge in [-0.05, 0) is 27.2 Å². The van der Waals surface area contributed by atoms with E-state index in [1.54, 1.807) is 13.8 Å². The smallest absolute Gasteiger partial charge is 0.323 e. The first kappa shape index (κ1) is 14.2. The van der Waals surface area contributed by atoms with E-state index in [4.69, 9.17) is 5.11 Å². The first-order chi connectivity index (χ1) is 8.38. The Morgan fingerprint density at radius 3 is 2.44 bits per heavy atom. The maximum Gasteiger partial charge on any atom is 0.323 e. The highest BCUT2D eigenvalue weighted by molar-refractivity contribution is 5.97. The van der Waals surface area contributed by atoms with Crippen molar-refractivity contribution < 1.29 is 14.7 Å². The summed E-state index contributed by atoms with van der Waals surface area (Å²) in [6.45, 7) is 6.94. The fraction of sp³-hybridized carbons (Fsp3) is 0.583. The lowest BCUT2D eigenvalue weighted by atomic mass is 10.1. The number of carbonyl (C=O) groups excluding carboxylic acids is 1. The minimum atomic E-state index is -1.01. The number of carboxylic acid groups (broad SMARTS) is 1. The normalized spacial score (nSPS) is 12.2. The van der Waals surface area contributed by atoms with Crippen molar-refractivity contribution in [1.82, 2.24) is 15.1 Å². The second-order valence-electron chi connectivity index (χ2n) is 4.39. The summed E-state index contributed by atoms with van der Waals surface area (Å²) < 4.78 is 0. The molecule has 0 aliphatic rings. The second kappa shape index (κ2) is 5.66. The molecule has 0 aliphatic carbocycles. The minimum Gasteiger partial charge on any atom is -0.480 e. The maximum atomic E-state index is 12.4. The van der Waals surface area contributed by atoms with Crippen LogP contribution in [0, 0.1) is 13.8 Å². The first-order valence-electron chi connectivity index (χ1n) is 5.92. The Kier molecular flexibility index (Phi) is 4.47. The van der Waals surface area contributed by atoms with Crippen LogP contribution in [0.5, 0.6) is 0 Å². The molecular weight excluding hydrogens is 234 g/mol. The van der Waals surface area contributed by atoms with Crippen molar-refractivity contribution in [2.45, 2.75) is 40.2 Å². The Bertz CT molecular complexity index is 434. The number of H-pyrrole nitrogens is 1. The lowest BCUT2D eigenvalue weighted by Gasteiger charge is -2.27. The van der Waals surface area contributed by atoms with E-state index in [0.29, 0.717) is 23.4 Å². The van der Waals surface area contributed by atoms with E-state index in [2.05, 4.69) is 10.2 Å². The molecular formula is C12H19N3O3. The van der Waals surface area contributed by atoms with E-state index in [9.17, 15) is 9.59 Å². The number of aliphatic carboxylic acids is 1. The topological polar surface area (TPSA) is 86.3 Å². The fourth-order valence-electron chi connectivity index (χ4n) is 1.80. The minimum absolute atomic E-state index is 0.123. The van der Waals surface area contributed by atoms with Crippen LogP contribution in [0.15, 0.2) is 0 Å². The highest BCUT2D eigenvalue weighted by Gasteiger charge is 2.26. The average Bonchev–Trinajstić information content (AvgIpc) is 2.64. The fourth-order valence-corrected chi connectivity index (χ4v) is 1.80. The van der Waals surface area contributed by atoms with Crippen molar-refractivity contribution in [1.29, 1.82) is 0 Å². The second-order valence-corrected chi connectivity index (χ2v) is 4.39. The number of aryl methyl sites for hydroxylation is 2. The number of nitrogens with one attached hydrogen (secondary N) is 1.